The van der Waals surface area contributed by atoms with Crippen LogP contribution in [-0.4, -0.2) is 56.0 Å². The van der Waals surface area contributed by atoms with E-state index in [1.54, 1.807) is 19.2 Å². The largest absolute Gasteiger partial charge is 0.508 e. The molecule has 1 aromatic heterocycles. The molecule has 0 amide bonds. The van der Waals surface area contributed by atoms with E-state index in [1.165, 1.54) is 5.57 Å². The number of methoxy groups -OCH3 is 1. The number of aromatic hydroxyl groups is 1. The van der Waals surface area contributed by atoms with Gasteiger partial charge in [-0.3, -0.25) is 4.98 Å². The number of nitrogens with zero attached hydrogens (tertiary/aromatic N) is 2. The van der Waals surface area contributed by atoms with Gasteiger partial charge in [0.05, 0.1) is 0 Å². The molecule has 3 rings (SSSR count). The molecule has 0 bridgehead atoms. The van der Waals surface area contributed by atoms with Gasteiger partial charge in [-0.1, -0.05) is 24.3 Å². The number of benzene rings is 2. The second-order valence-electron chi connectivity index (χ2n) is 7.91. The van der Waals surface area contributed by atoms with E-state index < -0.39 is 0 Å². The van der Waals surface area contributed by atoms with Crippen molar-refractivity contribution in [1.29, 1.82) is 0 Å². The maximum absolute atomic E-state index is 9.83. The molecule has 0 atom stereocenters. The van der Waals surface area contributed by atoms with Crippen molar-refractivity contribution in [2.24, 2.45) is 0 Å². The van der Waals surface area contributed by atoms with Crippen LogP contribution in [0.2, 0.25) is 0 Å². The summed E-state index contributed by atoms with van der Waals surface area (Å²) >= 11 is 0. The Labute approximate surface area is 191 Å². The molecular weight excluding hydrogens is 400 g/mol. The summed E-state index contributed by atoms with van der Waals surface area (Å²) in [5, 5.41) is 9.83. The minimum Gasteiger partial charge on any atom is -0.508 e. The van der Waals surface area contributed by atoms with Crippen molar-refractivity contribution < 1.29 is 14.6 Å². The third kappa shape index (κ3) is 6.67. The van der Waals surface area contributed by atoms with Crippen LogP contribution in [0, 0.1) is 0 Å². The molecule has 5 heteroatoms. The molecule has 0 radical (unpaired) electrons. The minimum atomic E-state index is 0.252. The summed E-state index contributed by atoms with van der Waals surface area (Å²) in [6.45, 7) is 2.20. The normalized spacial score (nSPS) is 12.0. The summed E-state index contributed by atoms with van der Waals surface area (Å²) in [6.07, 6.45) is 5.40. The molecule has 5 nitrogen and oxygen atoms in total. The van der Waals surface area contributed by atoms with E-state index in [0.29, 0.717) is 13.2 Å². The van der Waals surface area contributed by atoms with Gasteiger partial charge in [-0.05, 0) is 91.2 Å². The number of likely N-dealkylation sites (N-methyl/N-ethyl adjacent to an activating group) is 1. The quantitative estimate of drug-likeness (QED) is 0.427. The fourth-order valence-electron chi connectivity index (χ4n) is 3.57. The molecule has 1 heterocycles. The zero-order chi connectivity index (χ0) is 22.8. The Balaban J connectivity index is 2.04. The van der Waals surface area contributed by atoms with Gasteiger partial charge in [-0.15, -0.1) is 0 Å². The van der Waals surface area contributed by atoms with Crippen LogP contribution in [0.5, 0.6) is 11.5 Å². The van der Waals surface area contributed by atoms with Crippen LogP contribution >= 0.6 is 0 Å². The molecule has 168 valence electrons. The lowest BCUT2D eigenvalue weighted by atomic mass is 9.87. The Morgan fingerprint density at radius 3 is 2.06 bits per heavy atom. The summed E-state index contributed by atoms with van der Waals surface area (Å²) in [5.41, 5.74) is 5.63. The first kappa shape index (κ1) is 23.5. The molecule has 0 spiro atoms. The summed E-state index contributed by atoms with van der Waals surface area (Å²) in [7, 11) is 5.79. The predicted molar refractivity (Wildman–Crippen MR) is 130 cm³/mol. The average Bonchev–Trinajstić information content (AvgIpc) is 2.81. The summed E-state index contributed by atoms with van der Waals surface area (Å²) < 4.78 is 11.2. The Morgan fingerprint density at radius 2 is 1.47 bits per heavy atom. The molecule has 1 N–H and O–H groups in total. The Morgan fingerprint density at radius 1 is 0.844 bits per heavy atom. The van der Waals surface area contributed by atoms with Gasteiger partial charge in [0, 0.05) is 32.7 Å². The molecule has 3 aromatic rings. The van der Waals surface area contributed by atoms with Crippen molar-refractivity contribution >= 4 is 11.1 Å². The van der Waals surface area contributed by atoms with Gasteiger partial charge in [0.25, 0.3) is 0 Å². The number of allylic oxidation sites excluding steroid dienone is 1. The van der Waals surface area contributed by atoms with Gasteiger partial charge < -0.3 is 19.5 Å². The lowest BCUT2D eigenvalue weighted by Crippen LogP contribution is -2.19. The zero-order valence-electron chi connectivity index (χ0n) is 19.1. The van der Waals surface area contributed by atoms with Crippen molar-refractivity contribution in [3.8, 4) is 11.5 Å². The van der Waals surface area contributed by atoms with Crippen LogP contribution in [-0.2, 0) is 4.74 Å². The standard InChI is InChI=1S/C27H32N2O3/c1-29(2)18-20-32-25-12-8-23(9-13-25)27(22-6-10-24(30)11-7-22)26(5-4-19-31-3)21-14-16-28-17-15-21/h6-17,30H,4-5,18-20H2,1-3H3/b27-26-. The van der Waals surface area contributed by atoms with Crippen LogP contribution < -0.4 is 4.74 Å². The highest BCUT2D eigenvalue weighted by Crippen LogP contribution is 2.36. The van der Waals surface area contributed by atoms with Crippen molar-refractivity contribution in [1.82, 2.24) is 9.88 Å². The predicted octanol–water partition coefficient (Wildman–Crippen LogP) is 5.11. The summed E-state index contributed by atoms with van der Waals surface area (Å²) in [5.74, 6) is 1.10. The van der Waals surface area contributed by atoms with Crippen molar-refractivity contribution in [3.63, 3.8) is 0 Å². The SMILES string of the molecule is COCCC/C(=C(\c1ccc(O)cc1)c1ccc(OCCN(C)C)cc1)c1ccncc1. The third-order valence-corrected chi connectivity index (χ3v) is 5.21. The molecule has 2 aromatic carbocycles. The Kier molecular flexibility index (Phi) is 8.84. The first-order chi connectivity index (χ1) is 15.6. The van der Waals surface area contributed by atoms with E-state index in [9.17, 15) is 5.11 Å². The fraction of sp³-hybridized carbons (Fsp3) is 0.296. The van der Waals surface area contributed by atoms with Gasteiger partial charge in [0.2, 0.25) is 0 Å². The highest BCUT2D eigenvalue weighted by Gasteiger charge is 2.15. The molecule has 0 aliphatic carbocycles. The zero-order valence-corrected chi connectivity index (χ0v) is 19.1. The number of aromatic nitrogens is 1. The molecule has 0 fully saturated rings. The molecule has 0 unspecified atom stereocenters. The van der Waals surface area contributed by atoms with Gasteiger partial charge in [0.1, 0.15) is 18.1 Å². The fourth-order valence-corrected chi connectivity index (χ4v) is 3.57. The van der Waals surface area contributed by atoms with E-state index in [-0.39, 0.29) is 5.75 Å². The lowest BCUT2D eigenvalue weighted by Gasteiger charge is -2.18. The number of hydrogen-bond acceptors (Lipinski definition) is 5. The van der Waals surface area contributed by atoms with E-state index in [2.05, 4.69) is 22.0 Å². The Hall–Kier alpha value is -3.15. The van der Waals surface area contributed by atoms with Crippen molar-refractivity contribution in [2.75, 3.05) is 41.0 Å². The van der Waals surface area contributed by atoms with Crippen LogP contribution in [0.25, 0.3) is 11.1 Å². The van der Waals surface area contributed by atoms with Crippen LogP contribution in [0.1, 0.15) is 29.5 Å². The number of hydrogen-bond donors (Lipinski definition) is 1. The van der Waals surface area contributed by atoms with Crippen molar-refractivity contribution in [3.05, 3.63) is 89.7 Å². The van der Waals surface area contributed by atoms with Gasteiger partial charge in [0.15, 0.2) is 0 Å². The first-order valence-corrected chi connectivity index (χ1v) is 10.9. The third-order valence-electron chi connectivity index (χ3n) is 5.21. The van der Waals surface area contributed by atoms with Crippen LogP contribution in [0.15, 0.2) is 73.1 Å². The highest BCUT2D eigenvalue weighted by molar-refractivity contribution is 5.98. The topological polar surface area (TPSA) is 54.8 Å². The minimum absolute atomic E-state index is 0.252. The summed E-state index contributed by atoms with van der Waals surface area (Å²) in [4.78, 5) is 6.29. The average molecular weight is 433 g/mol. The lowest BCUT2D eigenvalue weighted by molar-refractivity contribution is 0.196. The molecular formula is C27H32N2O3. The van der Waals surface area contributed by atoms with Crippen LogP contribution in [0.3, 0.4) is 0 Å². The maximum Gasteiger partial charge on any atom is 0.119 e. The maximum atomic E-state index is 9.83. The van der Waals surface area contributed by atoms with E-state index in [0.717, 1.165) is 47.4 Å². The number of ether oxygens (including phenoxy) is 2. The van der Waals surface area contributed by atoms with Crippen molar-refractivity contribution in [2.45, 2.75) is 12.8 Å². The number of pyridine rings is 1. The highest BCUT2D eigenvalue weighted by atomic mass is 16.5. The number of phenols is 1. The first-order valence-electron chi connectivity index (χ1n) is 10.9. The van der Waals surface area contributed by atoms with E-state index in [1.807, 2.05) is 62.9 Å². The molecule has 32 heavy (non-hydrogen) atoms. The molecule has 0 aliphatic rings. The second kappa shape index (κ2) is 12.0. The Bertz CT molecular complexity index is 982. The molecule has 0 saturated heterocycles. The van der Waals surface area contributed by atoms with Gasteiger partial charge in [-0.25, -0.2) is 0 Å². The van der Waals surface area contributed by atoms with Gasteiger partial charge >= 0.3 is 0 Å². The van der Waals surface area contributed by atoms with Crippen LogP contribution in [0.4, 0.5) is 0 Å². The number of phenolic OH excluding ortho intramolecular Hbond substituents is 1. The molecule has 0 saturated carbocycles. The summed E-state index contributed by atoms with van der Waals surface area (Å²) in [6, 6.07) is 19.7. The van der Waals surface area contributed by atoms with E-state index >= 15 is 0 Å². The second-order valence-corrected chi connectivity index (χ2v) is 7.91. The van der Waals surface area contributed by atoms with E-state index in [4.69, 9.17) is 9.47 Å². The molecule has 0 aliphatic heterocycles. The monoisotopic (exact) mass is 432 g/mol. The smallest absolute Gasteiger partial charge is 0.119 e. The number of rotatable bonds is 11. The van der Waals surface area contributed by atoms with Gasteiger partial charge in [-0.2, -0.15) is 0 Å².